The molecule has 106 valence electrons. The zero-order valence-electron chi connectivity index (χ0n) is 10.1. The molecule has 2 nitrogen and oxygen atoms in total. The summed E-state index contributed by atoms with van der Waals surface area (Å²) in [5.41, 5.74) is -0.178. The molecular formula is C12H12F5NO. The molecule has 0 N–H and O–H groups in total. The van der Waals surface area contributed by atoms with Gasteiger partial charge in [0.1, 0.15) is 0 Å². The summed E-state index contributed by atoms with van der Waals surface area (Å²) in [6.07, 6.45) is -5.52. The van der Waals surface area contributed by atoms with E-state index in [0.717, 1.165) is 17.0 Å². The van der Waals surface area contributed by atoms with Crippen molar-refractivity contribution in [3.8, 4) is 0 Å². The summed E-state index contributed by atoms with van der Waals surface area (Å²) in [7, 11) is 0. The number of carbonyl (C=O) groups excluding carboxylic acids is 1. The molecule has 0 heterocycles. The smallest absolute Gasteiger partial charge is 0.339 e. The van der Waals surface area contributed by atoms with Gasteiger partial charge in [-0.25, -0.2) is 8.78 Å². The maximum atomic E-state index is 13.0. The fourth-order valence-corrected chi connectivity index (χ4v) is 1.48. The molecule has 0 atom stereocenters. The van der Waals surface area contributed by atoms with E-state index in [0.29, 0.717) is 6.07 Å². The molecule has 0 radical (unpaired) electrons. The van der Waals surface area contributed by atoms with Gasteiger partial charge in [0.05, 0.1) is 6.42 Å². The third kappa shape index (κ3) is 4.50. The number of benzene rings is 1. The first-order chi connectivity index (χ1) is 8.74. The van der Waals surface area contributed by atoms with E-state index < -0.39 is 36.7 Å². The van der Waals surface area contributed by atoms with E-state index in [1.165, 1.54) is 6.92 Å². The monoisotopic (exact) mass is 281 g/mol. The van der Waals surface area contributed by atoms with Gasteiger partial charge >= 0.3 is 6.18 Å². The molecule has 0 aromatic heterocycles. The average molecular weight is 281 g/mol. The number of nitrogens with zero attached hydrogens (tertiary/aromatic N) is 1. The van der Waals surface area contributed by atoms with Gasteiger partial charge in [0, 0.05) is 18.7 Å². The lowest BCUT2D eigenvalue weighted by Crippen LogP contribution is -2.34. The van der Waals surface area contributed by atoms with Gasteiger partial charge in [0.25, 0.3) is 5.91 Å². The van der Waals surface area contributed by atoms with Crippen molar-refractivity contribution in [2.45, 2.75) is 19.5 Å². The van der Waals surface area contributed by atoms with Gasteiger partial charge in [0.2, 0.25) is 0 Å². The van der Waals surface area contributed by atoms with Crippen molar-refractivity contribution in [2.75, 3.05) is 13.1 Å². The zero-order valence-corrected chi connectivity index (χ0v) is 10.1. The molecule has 0 fully saturated rings. The van der Waals surface area contributed by atoms with E-state index in [-0.39, 0.29) is 12.1 Å². The van der Waals surface area contributed by atoms with Crippen LogP contribution in [0.2, 0.25) is 0 Å². The van der Waals surface area contributed by atoms with Crippen molar-refractivity contribution in [3.05, 3.63) is 35.4 Å². The number of alkyl halides is 3. The lowest BCUT2D eigenvalue weighted by atomic mass is 10.2. The fraction of sp³-hybridized carbons (Fsp3) is 0.417. The Kier molecular flexibility index (Phi) is 4.85. The third-order valence-electron chi connectivity index (χ3n) is 2.50. The fourth-order valence-electron chi connectivity index (χ4n) is 1.48. The number of halogens is 5. The Balaban J connectivity index is 2.80. The SMILES string of the molecule is CCN(CCC(F)(F)F)C(=O)c1ccc(F)c(F)c1. The van der Waals surface area contributed by atoms with Crippen molar-refractivity contribution in [1.82, 2.24) is 4.90 Å². The number of amides is 1. The van der Waals surface area contributed by atoms with Crippen LogP contribution in [-0.4, -0.2) is 30.1 Å². The van der Waals surface area contributed by atoms with E-state index >= 15 is 0 Å². The Morgan fingerprint density at radius 1 is 1.21 bits per heavy atom. The number of hydrogen-bond donors (Lipinski definition) is 0. The Morgan fingerprint density at radius 2 is 1.84 bits per heavy atom. The van der Waals surface area contributed by atoms with E-state index in [1.54, 1.807) is 0 Å². The summed E-state index contributed by atoms with van der Waals surface area (Å²) in [4.78, 5) is 12.8. The predicted molar refractivity (Wildman–Crippen MR) is 58.6 cm³/mol. The first-order valence-electron chi connectivity index (χ1n) is 5.55. The van der Waals surface area contributed by atoms with Crippen LogP contribution in [0.25, 0.3) is 0 Å². The Labute approximate surface area is 106 Å². The summed E-state index contributed by atoms with van der Waals surface area (Å²) in [6.45, 7) is 1.04. The van der Waals surface area contributed by atoms with Gasteiger partial charge in [-0.3, -0.25) is 4.79 Å². The molecule has 0 aliphatic carbocycles. The molecule has 0 saturated heterocycles. The van der Waals surface area contributed by atoms with Gasteiger partial charge in [-0.2, -0.15) is 13.2 Å². The molecule has 1 amide bonds. The van der Waals surface area contributed by atoms with Crippen LogP contribution < -0.4 is 0 Å². The van der Waals surface area contributed by atoms with Crippen LogP contribution in [0.1, 0.15) is 23.7 Å². The number of carbonyl (C=O) groups is 1. The van der Waals surface area contributed by atoms with Gasteiger partial charge in [-0.15, -0.1) is 0 Å². The predicted octanol–water partition coefficient (Wildman–Crippen LogP) is 3.38. The molecule has 19 heavy (non-hydrogen) atoms. The van der Waals surface area contributed by atoms with E-state index in [2.05, 4.69) is 0 Å². The molecule has 0 bridgehead atoms. The molecular weight excluding hydrogens is 269 g/mol. The molecule has 7 heteroatoms. The Bertz CT molecular complexity index is 458. The molecule has 0 saturated carbocycles. The molecule has 1 rings (SSSR count). The van der Waals surface area contributed by atoms with Crippen molar-refractivity contribution in [3.63, 3.8) is 0 Å². The normalized spacial score (nSPS) is 11.5. The van der Waals surface area contributed by atoms with E-state index in [4.69, 9.17) is 0 Å². The van der Waals surface area contributed by atoms with Crippen molar-refractivity contribution in [1.29, 1.82) is 0 Å². The van der Waals surface area contributed by atoms with Crippen LogP contribution >= 0.6 is 0 Å². The molecule has 0 unspecified atom stereocenters. The van der Waals surface area contributed by atoms with Crippen LogP contribution in [0.3, 0.4) is 0 Å². The van der Waals surface area contributed by atoms with Crippen LogP contribution in [-0.2, 0) is 0 Å². The van der Waals surface area contributed by atoms with Crippen LogP contribution in [0.15, 0.2) is 18.2 Å². The zero-order chi connectivity index (χ0) is 14.6. The molecule has 0 aliphatic rings. The second-order valence-corrected chi connectivity index (χ2v) is 3.88. The summed E-state index contributed by atoms with van der Waals surface area (Å²) in [5, 5.41) is 0. The molecule has 1 aromatic carbocycles. The summed E-state index contributed by atoms with van der Waals surface area (Å²) < 4.78 is 61.9. The Morgan fingerprint density at radius 3 is 2.32 bits per heavy atom. The maximum absolute atomic E-state index is 13.0. The highest BCUT2D eigenvalue weighted by molar-refractivity contribution is 5.94. The highest BCUT2D eigenvalue weighted by Gasteiger charge is 2.29. The lowest BCUT2D eigenvalue weighted by Gasteiger charge is -2.21. The minimum Gasteiger partial charge on any atom is -0.339 e. The second-order valence-electron chi connectivity index (χ2n) is 3.88. The van der Waals surface area contributed by atoms with Crippen molar-refractivity contribution in [2.24, 2.45) is 0 Å². The highest BCUT2D eigenvalue weighted by atomic mass is 19.4. The quantitative estimate of drug-likeness (QED) is 0.775. The maximum Gasteiger partial charge on any atom is 0.390 e. The van der Waals surface area contributed by atoms with Gasteiger partial charge in [-0.1, -0.05) is 0 Å². The molecule has 0 aliphatic heterocycles. The van der Waals surface area contributed by atoms with Crippen molar-refractivity contribution >= 4 is 5.91 Å². The van der Waals surface area contributed by atoms with Crippen molar-refractivity contribution < 1.29 is 26.7 Å². The Hall–Kier alpha value is -1.66. The van der Waals surface area contributed by atoms with Crippen LogP contribution in [0, 0.1) is 11.6 Å². The second kappa shape index (κ2) is 5.99. The first kappa shape index (κ1) is 15.4. The number of hydrogen-bond acceptors (Lipinski definition) is 1. The van der Waals surface area contributed by atoms with E-state index in [1.807, 2.05) is 0 Å². The van der Waals surface area contributed by atoms with Gasteiger partial charge < -0.3 is 4.90 Å². The van der Waals surface area contributed by atoms with Crippen LogP contribution in [0.4, 0.5) is 22.0 Å². The minimum atomic E-state index is -4.37. The summed E-state index contributed by atoms with van der Waals surface area (Å²) in [6, 6.07) is 2.48. The van der Waals surface area contributed by atoms with Gasteiger partial charge in [0.15, 0.2) is 11.6 Å². The van der Waals surface area contributed by atoms with Crippen LogP contribution in [0.5, 0.6) is 0 Å². The topological polar surface area (TPSA) is 20.3 Å². The first-order valence-corrected chi connectivity index (χ1v) is 5.55. The van der Waals surface area contributed by atoms with Gasteiger partial charge in [-0.05, 0) is 25.1 Å². The van der Waals surface area contributed by atoms with E-state index in [9.17, 15) is 26.7 Å². The molecule has 1 aromatic rings. The standard InChI is InChI=1S/C12H12F5NO/c1-2-18(6-5-12(15,16)17)11(19)8-3-4-9(13)10(14)7-8/h3-4,7H,2,5-6H2,1H3. The lowest BCUT2D eigenvalue weighted by molar-refractivity contribution is -0.136. The number of rotatable bonds is 4. The summed E-state index contributed by atoms with van der Waals surface area (Å²) in [5.74, 6) is -3.08. The largest absolute Gasteiger partial charge is 0.390 e. The summed E-state index contributed by atoms with van der Waals surface area (Å²) >= 11 is 0. The highest BCUT2D eigenvalue weighted by Crippen LogP contribution is 2.20. The average Bonchev–Trinajstić information content (AvgIpc) is 2.31. The molecule has 0 spiro atoms. The third-order valence-corrected chi connectivity index (χ3v) is 2.50. The minimum absolute atomic E-state index is 0.0495.